The molecule has 0 heterocycles. The molecule has 3 atom stereocenters. The highest BCUT2D eigenvalue weighted by atomic mass is 35.5. The van der Waals surface area contributed by atoms with Gasteiger partial charge in [-0.05, 0) is 48.9 Å². The van der Waals surface area contributed by atoms with E-state index in [1.54, 1.807) is 13.2 Å². The molecule has 1 aromatic rings. The van der Waals surface area contributed by atoms with Gasteiger partial charge in [-0.15, -0.1) is 0 Å². The summed E-state index contributed by atoms with van der Waals surface area (Å²) in [5.41, 5.74) is 3.72. The Morgan fingerprint density at radius 3 is 2.86 bits per heavy atom. The number of ether oxygens (including phenoxy) is 1. The zero-order valence-corrected chi connectivity index (χ0v) is 14.2. The molecule has 1 aliphatic rings. The van der Waals surface area contributed by atoms with Crippen molar-refractivity contribution >= 4 is 23.2 Å². The fourth-order valence-corrected chi connectivity index (χ4v) is 3.89. The Morgan fingerprint density at radius 2 is 2.24 bits per heavy atom. The van der Waals surface area contributed by atoms with Crippen LogP contribution in [0.2, 0.25) is 10.0 Å². The lowest BCUT2D eigenvalue weighted by molar-refractivity contribution is -0.0791. The number of hydrogen-bond acceptors (Lipinski definition) is 3. The largest absolute Gasteiger partial charge is 0.377 e. The molecule has 0 aliphatic heterocycles. The highest BCUT2D eigenvalue weighted by molar-refractivity contribution is 6.33. The van der Waals surface area contributed by atoms with Crippen LogP contribution in [0.4, 0.5) is 0 Å². The van der Waals surface area contributed by atoms with Crippen LogP contribution in [-0.4, -0.2) is 18.8 Å². The molecule has 0 spiro atoms. The van der Waals surface area contributed by atoms with Crippen LogP contribution >= 0.6 is 23.2 Å². The molecule has 0 radical (unpaired) electrons. The third kappa shape index (κ3) is 3.91. The number of hydrazine groups is 1. The van der Waals surface area contributed by atoms with Crippen LogP contribution in [0.25, 0.3) is 0 Å². The Morgan fingerprint density at radius 1 is 1.48 bits per heavy atom. The van der Waals surface area contributed by atoms with Gasteiger partial charge >= 0.3 is 0 Å². The van der Waals surface area contributed by atoms with Gasteiger partial charge in [0.15, 0.2) is 0 Å². The van der Waals surface area contributed by atoms with Crippen LogP contribution in [0.3, 0.4) is 0 Å². The minimum atomic E-state index is -0.238. The molecule has 2 rings (SSSR count). The smallest absolute Gasteiger partial charge is 0.0850 e. The summed E-state index contributed by atoms with van der Waals surface area (Å²) in [6.45, 7) is 2.27. The summed E-state index contributed by atoms with van der Waals surface area (Å²) in [6.07, 6.45) is 5.14. The van der Waals surface area contributed by atoms with Crippen molar-refractivity contribution in [3.63, 3.8) is 0 Å². The zero-order chi connectivity index (χ0) is 15.5. The van der Waals surface area contributed by atoms with Crippen molar-refractivity contribution in [1.29, 1.82) is 0 Å². The van der Waals surface area contributed by atoms with E-state index in [9.17, 15) is 0 Å². The summed E-state index contributed by atoms with van der Waals surface area (Å²) in [6, 6.07) is 5.55. The number of halogens is 2. The molecule has 5 heteroatoms. The van der Waals surface area contributed by atoms with Gasteiger partial charge in [0, 0.05) is 17.2 Å². The molecule has 0 amide bonds. The first-order valence-electron chi connectivity index (χ1n) is 7.46. The first-order valence-corrected chi connectivity index (χ1v) is 8.21. The van der Waals surface area contributed by atoms with E-state index >= 15 is 0 Å². The fourth-order valence-electron chi connectivity index (χ4n) is 3.50. The molecule has 1 saturated carbocycles. The van der Waals surface area contributed by atoms with E-state index in [1.807, 2.05) is 12.1 Å². The van der Waals surface area contributed by atoms with E-state index in [4.69, 9.17) is 33.8 Å². The predicted molar refractivity (Wildman–Crippen MR) is 88.6 cm³/mol. The zero-order valence-electron chi connectivity index (χ0n) is 12.7. The number of nitrogens with one attached hydrogen (secondary N) is 1. The number of rotatable bonds is 5. The van der Waals surface area contributed by atoms with Gasteiger partial charge in [0.05, 0.1) is 11.6 Å². The van der Waals surface area contributed by atoms with Crippen molar-refractivity contribution in [3.8, 4) is 0 Å². The van der Waals surface area contributed by atoms with Gasteiger partial charge in [0.1, 0.15) is 0 Å². The standard InChI is InChI=1S/C16H24Cl2N2O/c1-11-4-3-7-16(10-11,21-2)15(20-19)9-12-8-13(17)5-6-14(12)18/h5-6,8,11,15,20H,3-4,7,9-10,19H2,1-2H3. The molecular formula is C16H24Cl2N2O. The molecule has 3 unspecified atom stereocenters. The van der Waals surface area contributed by atoms with Gasteiger partial charge in [-0.25, -0.2) is 0 Å². The maximum Gasteiger partial charge on any atom is 0.0850 e. The van der Waals surface area contributed by atoms with Crippen molar-refractivity contribution in [1.82, 2.24) is 5.43 Å². The summed E-state index contributed by atoms with van der Waals surface area (Å²) in [4.78, 5) is 0. The Kier molecular flexibility index (Phi) is 5.92. The molecule has 0 aromatic heterocycles. The fraction of sp³-hybridized carbons (Fsp3) is 0.625. The predicted octanol–water partition coefficient (Wildman–Crippen LogP) is 3.96. The molecule has 118 valence electrons. The third-order valence-electron chi connectivity index (χ3n) is 4.67. The molecule has 1 fully saturated rings. The summed E-state index contributed by atoms with van der Waals surface area (Å²) in [5.74, 6) is 6.48. The average molecular weight is 331 g/mol. The van der Waals surface area contributed by atoms with Crippen LogP contribution in [0.5, 0.6) is 0 Å². The van der Waals surface area contributed by atoms with Gasteiger partial charge in [-0.1, -0.05) is 43.0 Å². The number of hydrogen-bond donors (Lipinski definition) is 2. The first kappa shape index (κ1) is 17.0. The highest BCUT2D eigenvalue weighted by Crippen LogP contribution is 2.38. The van der Waals surface area contributed by atoms with Gasteiger partial charge in [0.25, 0.3) is 0 Å². The second-order valence-electron chi connectivity index (χ2n) is 6.13. The van der Waals surface area contributed by atoms with E-state index in [-0.39, 0.29) is 11.6 Å². The van der Waals surface area contributed by atoms with Crippen LogP contribution in [0.1, 0.15) is 38.2 Å². The van der Waals surface area contributed by atoms with Crippen molar-refractivity contribution in [3.05, 3.63) is 33.8 Å². The Hall–Kier alpha value is -0.320. The van der Waals surface area contributed by atoms with E-state index in [0.29, 0.717) is 17.4 Å². The van der Waals surface area contributed by atoms with Crippen molar-refractivity contribution in [2.75, 3.05) is 7.11 Å². The number of nitrogens with two attached hydrogens (primary N) is 1. The van der Waals surface area contributed by atoms with Gasteiger partial charge in [-0.2, -0.15) is 0 Å². The molecule has 0 bridgehead atoms. The van der Waals surface area contributed by atoms with Crippen molar-refractivity contribution < 1.29 is 4.74 Å². The monoisotopic (exact) mass is 330 g/mol. The van der Waals surface area contributed by atoms with E-state index in [0.717, 1.165) is 29.8 Å². The second-order valence-corrected chi connectivity index (χ2v) is 6.97. The third-order valence-corrected chi connectivity index (χ3v) is 5.27. The quantitative estimate of drug-likeness (QED) is 0.634. The van der Waals surface area contributed by atoms with Crippen LogP contribution < -0.4 is 11.3 Å². The Labute approximate surface area is 137 Å². The maximum atomic E-state index is 6.29. The summed E-state index contributed by atoms with van der Waals surface area (Å²) in [5, 5.41) is 1.41. The lowest BCUT2D eigenvalue weighted by Crippen LogP contribution is -2.57. The Bertz CT molecular complexity index is 483. The average Bonchev–Trinajstić information content (AvgIpc) is 2.48. The second kappa shape index (κ2) is 7.30. The van der Waals surface area contributed by atoms with Gasteiger partial charge in [-0.3, -0.25) is 11.3 Å². The van der Waals surface area contributed by atoms with E-state index in [1.165, 1.54) is 6.42 Å². The van der Waals surface area contributed by atoms with E-state index < -0.39 is 0 Å². The molecular weight excluding hydrogens is 307 g/mol. The van der Waals surface area contributed by atoms with Crippen LogP contribution in [-0.2, 0) is 11.2 Å². The lowest BCUT2D eigenvalue weighted by Gasteiger charge is -2.44. The molecule has 1 aromatic carbocycles. The van der Waals surface area contributed by atoms with Crippen LogP contribution in [0.15, 0.2) is 18.2 Å². The number of benzene rings is 1. The van der Waals surface area contributed by atoms with Crippen molar-refractivity contribution in [2.24, 2.45) is 11.8 Å². The van der Waals surface area contributed by atoms with Crippen molar-refractivity contribution in [2.45, 2.75) is 50.7 Å². The molecule has 0 saturated heterocycles. The Balaban J connectivity index is 2.23. The molecule has 3 N–H and O–H groups in total. The molecule has 3 nitrogen and oxygen atoms in total. The lowest BCUT2D eigenvalue weighted by atomic mass is 9.73. The first-order chi connectivity index (χ1) is 10.0. The number of methoxy groups -OCH3 is 1. The maximum absolute atomic E-state index is 6.29. The molecule has 21 heavy (non-hydrogen) atoms. The summed E-state index contributed by atoms with van der Waals surface area (Å²) < 4.78 is 5.93. The molecule has 1 aliphatic carbocycles. The van der Waals surface area contributed by atoms with E-state index in [2.05, 4.69) is 12.3 Å². The summed E-state index contributed by atoms with van der Waals surface area (Å²) in [7, 11) is 1.78. The minimum Gasteiger partial charge on any atom is -0.377 e. The topological polar surface area (TPSA) is 47.3 Å². The van der Waals surface area contributed by atoms with Crippen LogP contribution in [0, 0.1) is 5.92 Å². The minimum absolute atomic E-state index is 0.0150. The normalized spacial score (nSPS) is 27.6. The SMILES string of the molecule is COC1(C(Cc2cc(Cl)ccc2Cl)NN)CCCC(C)C1. The highest BCUT2D eigenvalue weighted by Gasteiger charge is 2.41. The van der Waals surface area contributed by atoms with Gasteiger partial charge < -0.3 is 4.74 Å². The van der Waals surface area contributed by atoms with Gasteiger partial charge in [0.2, 0.25) is 0 Å². The summed E-state index contributed by atoms with van der Waals surface area (Å²) >= 11 is 12.4.